The number of hydrogen-bond donors (Lipinski definition) is 1. The van der Waals surface area contributed by atoms with Crippen LogP contribution in [0, 0.1) is 11.3 Å². The normalized spacial score (nSPS) is 11.4. The number of rotatable bonds is 5. The van der Waals surface area contributed by atoms with E-state index in [-0.39, 0.29) is 5.57 Å². The van der Waals surface area contributed by atoms with E-state index in [1.807, 2.05) is 48.7 Å². The minimum Gasteiger partial charge on any atom is -0.479 e. The fourth-order valence-electron chi connectivity index (χ4n) is 2.36. The van der Waals surface area contributed by atoms with Crippen molar-refractivity contribution < 1.29 is 9.53 Å². The Morgan fingerprint density at radius 1 is 1.43 bits per heavy atom. The van der Waals surface area contributed by atoms with Crippen molar-refractivity contribution in [1.29, 1.82) is 5.26 Å². The summed E-state index contributed by atoms with van der Waals surface area (Å²) in [4.78, 5) is 11.3. The Bertz CT molecular complexity index is 751. The number of benzene rings is 1. The second-order valence-corrected chi connectivity index (χ2v) is 4.45. The predicted molar refractivity (Wildman–Crippen MR) is 81.6 cm³/mol. The molecule has 0 bridgehead atoms. The SMILES string of the molecule is CCOc1c(/C=C(\C#N)C(N)=O)c2ccccc2n1CC. The Morgan fingerprint density at radius 3 is 2.71 bits per heavy atom. The maximum absolute atomic E-state index is 11.3. The summed E-state index contributed by atoms with van der Waals surface area (Å²) in [5.41, 5.74) is 6.85. The van der Waals surface area contributed by atoms with Gasteiger partial charge in [0.1, 0.15) is 11.6 Å². The highest BCUT2D eigenvalue weighted by atomic mass is 16.5. The number of nitrogens with two attached hydrogens (primary N) is 1. The van der Waals surface area contributed by atoms with E-state index in [1.165, 1.54) is 6.08 Å². The number of amides is 1. The van der Waals surface area contributed by atoms with Crippen molar-refractivity contribution in [3.8, 4) is 11.9 Å². The fraction of sp³-hybridized carbons (Fsp3) is 0.250. The Morgan fingerprint density at radius 2 is 2.14 bits per heavy atom. The molecule has 0 aliphatic rings. The largest absolute Gasteiger partial charge is 0.479 e. The smallest absolute Gasteiger partial charge is 0.259 e. The first-order chi connectivity index (χ1) is 10.1. The molecule has 1 aromatic carbocycles. The molecule has 21 heavy (non-hydrogen) atoms. The molecule has 0 unspecified atom stereocenters. The Hall–Kier alpha value is -2.74. The Kier molecular flexibility index (Phi) is 4.29. The van der Waals surface area contributed by atoms with Crippen LogP contribution in [0.1, 0.15) is 19.4 Å². The molecule has 2 aromatic rings. The fourth-order valence-corrected chi connectivity index (χ4v) is 2.36. The van der Waals surface area contributed by atoms with Gasteiger partial charge in [0.05, 0.1) is 12.1 Å². The standard InChI is InChI=1S/C16H17N3O2/c1-3-19-14-8-6-5-7-12(14)13(16(19)21-4-2)9-11(10-17)15(18)20/h5-9H,3-4H2,1-2H3,(H2,18,20)/b11-9+. The van der Waals surface area contributed by atoms with E-state index in [0.29, 0.717) is 18.1 Å². The molecule has 5 heteroatoms. The van der Waals surface area contributed by atoms with Crippen LogP contribution in [0.2, 0.25) is 0 Å². The summed E-state index contributed by atoms with van der Waals surface area (Å²) >= 11 is 0. The summed E-state index contributed by atoms with van der Waals surface area (Å²) in [6.45, 7) is 5.13. The van der Waals surface area contributed by atoms with E-state index in [1.54, 1.807) is 0 Å². The molecule has 0 saturated heterocycles. The minimum absolute atomic E-state index is 0.0880. The van der Waals surface area contributed by atoms with E-state index in [0.717, 1.165) is 17.4 Å². The molecular weight excluding hydrogens is 266 g/mol. The molecule has 0 aliphatic heterocycles. The number of ether oxygens (including phenoxy) is 1. The summed E-state index contributed by atoms with van der Waals surface area (Å²) in [7, 11) is 0. The van der Waals surface area contributed by atoms with Crippen molar-refractivity contribution in [3.63, 3.8) is 0 Å². The van der Waals surface area contributed by atoms with Gasteiger partial charge < -0.3 is 15.0 Å². The minimum atomic E-state index is -0.742. The Balaban J connectivity index is 2.80. The van der Waals surface area contributed by atoms with Crippen molar-refractivity contribution in [2.75, 3.05) is 6.61 Å². The number of primary amides is 1. The van der Waals surface area contributed by atoms with E-state index in [9.17, 15) is 4.79 Å². The highest BCUT2D eigenvalue weighted by Crippen LogP contribution is 2.34. The number of carbonyl (C=O) groups excluding carboxylic acids is 1. The van der Waals surface area contributed by atoms with Crippen LogP contribution in [0.3, 0.4) is 0 Å². The molecular formula is C16H17N3O2. The van der Waals surface area contributed by atoms with Gasteiger partial charge in [-0.05, 0) is 26.0 Å². The number of para-hydroxylation sites is 1. The summed E-state index contributed by atoms with van der Waals surface area (Å²) in [5.74, 6) is -0.0940. The second kappa shape index (κ2) is 6.14. The van der Waals surface area contributed by atoms with E-state index >= 15 is 0 Å². The van der Waals surface area contributed by atoms with Crippen molar-refractivity contribution in [1.82, 2.24) is 4.57 Å². The zero-order chi connectivity index (χ0) is 15.4. The second-order valence-electron chi connectivity index (χ2n) is 4.45. The lowest BCUT2D eigenvalue weighted by atomic mass is 10.1. The van der Waals surface area contributed by atoms with Gasteiger partial charge in [-0.1, -0.05) is 18.2 Å². The molecule has 0 fully saturated rings. The predicted octanol–water partition coefficient (Wildman–Crippen LogP) is 2.45. The Labute approximate surface area is 123 Å². The molecule has 5 nitrogen and oxygen atoms in total. The molecule has 108 valence electrons. The van der Waals surface area contributed by atoms with Gasteiger partial charge in [0.2, 0.25) is 5.88 Å². The molecule has 2 N–H and O–H groups in total. The summed E-state index contributed by atoms with van der Waals surface area (Å²) in [5, 5.41) is 9.98. The number of nitrogens with zero attached hydrogens (tertiary/aromatic N) is 2. The summed E-state index contributed by atoms with van der Waals surface area (Å²) in [6, 6.07) is 9.60. The van der Waals surface area contributed by atoms with Crippen molar-refractivity contribution in [2.24, 2.45) is 5.73 Å². The third-order valence-corrected chi connectivity index (χ3v) is 3.23. The van der Waals surface area contributed by atoms with E-state index < -0.39 is 5.91 Å². The van der Waals surface area contributed by atoms with Crippen LogP contribution in [0.4, 0.5) is 0 Å². The van der Waals surface area contributed by atoms with Gasteiger partial charge in [-0.15, -0.1) is 0 Å². The van der Waals surface area contributed by atoms with Crippen LogP contribution in [-0.4, -0.2) is 17.1 Å². The lowest BCUT2D eigenvalue weighted by Crippen LogP contribution is -2.12. The number of aryl methyl sites for hydroxylation is 1. The van der Waals surface area contributed by atoms with Crippen LogP contribution in [0.25, 0.3) is 17.0 Å². The maximum atomic E-state index is 11.3. The van der Waals surface area contributed by atoms with Crippen LogP contribution >= 0.6 is 0 Å². The van der Waals surface area contributed by atoms with Crippen LogP contribution in [-0.2, 0) is 11.3 Å². The van der Waals surface area contributed by atoms with Gasteiger partial charge in [-0.25, -0.2) is 0 Å². The lowest BCUT2D eigenvalue weighted by Gasteiger charge is -2.09. The third-order valence-electron chi connectivity index (χ3n) is 3.23. The van der Waals surface area contributed by atoms with Crippen molar-refractivity contribution >= 4 is 22.9 Å². The molecule has 2 rings (SSSR count). The first-order valence-corrected chi connectivity index (χ1v) is 6.79. The van der Waals surface area contributed by atoms with Crippen LogP contribution in [0.15, 0.2) is 29.8 Å². The van der Waals surface area contributed by atoms with Crippen molar-refractivity contribution in [3.05, 3.63) is 35.4 Å². The van der Waals surface area contributed by atoms with Crippen LogP contribution in [0.5, 0.6) is 5.88 Å². The average molecular weight is 283 g/mol. The van der Waals surface area contributed by atoms with Gasteiger partial charge in [-0.3, -0.25) is 4.79 Å². The first kappa shape index (κ1) is 14.7. The van der Waals surface area contributed by atoms with E-state index in [4.69, 9.17) is 15.7 Å². The quantitative estimate of drug-likeness (QED) is 0.676. The number of nitriles is 1. The average Bonchev–Trinajstić information content (AvgIpc) is 2.77. The van der Waals surface area contributed by atoms with Gasteiger partial charge in [0, 0.05) is 17.5 Å². The third kappa shape index (κ3) is 2.61. The number of hydrogen-bond acceptors (Lipinski definition) is 3. The molecule has 0 radical (unpaired) electrons. The zero-order valence-corrected chi connectivity index (χ0v) is 12.1. The molecule has 1 aromatic heterocycles. The topological polar surface area (TPSA) is 81.0 Å². The maximum Gasteiger partial charge on any atom is 0.259 e. The van der Waals surface area contributed by atoms with Gasteiger partial charge in [-0.2, -0.15) is 5.26 Å². The highest BCUT2D eigenvalue weighted by molar-refractivity contribution is 6.04. The van der Waals surface area contributed by atoms with Gasteiger partial charge in [0.15, 0.2) is 0 Å². The monoisotopic (exact) mass is 283 g/mol. The highest BCUT2D eigenvalue weighted by Gasteiger charge is 2.17. The van der Waals surface area contributed by atoms with Crippen molar-refractivity contribution in [2.45, 2.75) is 20.4 Å². The van der Waals surface area contributed by atoms with E-state index in [2.05, 4.69) is 0 Å². The lowest BCUT2D eigenvalue weighted by molar-refractivity contribution is -0.114. The molecule has 1 amide bonds. The number of aromatic nitrogens is 1. The van der Waals surface area contributed by atoms with Gasteiger partial charge >= 0.3 is 0 Å². The zero-order valence-electron chi connectivity index (χ0n) is 12.1. The van der Waals surface area contributed by atoms with Gasteiger partial charge in [0.25, 0.3) is 5.91 Å². The summed E-state index contributed by atoms with van der Waals surface area (Å²) in [6.07, 6.45) is 1.50. The summed E-state index contributed by atoms with van der Waals surface area (Å²) < 4.78 is 7.74. The first-order valence-electron chi connectivity index (χ1n) is 6.79. The van der Waals surface area contributed by atoms with Crippen LogP contribution < -0.4 is 10.5 Å². The molecule has 0 aliphatic carbocycles. The number of carbonyl (C=O) groups is 1. The number of fused-ring (bicyclic) bond motifs is 1. The molecule has 0 saturated carbocycles. The molecule has 0 atom stereocenters. The molecule has 0 spiro atoms. The molecule has 1 heterocycles.